The van der Waals surface area contributed by atoms with Crippen molar-refractivity contribution in [2.75, 3.05) is 0 Å². The molecule has 0 heterocycles. The third-order valence-electron chi connectivity index (χ3n) is 3.82. The van der Waals surface area contributed by atoms with Crippen molar-refractivity contribution in [1.82, 2.24) is 0 Å². The van der Waals surface area contributed by atoms with E-state index < -0.39 is 13.3 Å². The van der Waals surface area contributed by atoms with Crippen molar-refractivity contribution in [2.24, 2.45) is 0 Å². The molecule has 0 fully saturated rings. The Morgan fingerprint density at radius 2 is 1.81 bits per heavy atom. The summed E-state index contributed by atoms with van der Waals surface area (Å²) in [4.78, 5) is 0. The van der Waals surface area contributed by atoms with Gasteiger partial charge in [0.15, 0.2) is 0 Å². The number of hydrogen-bond donors (Lipinski definition) is 1. The molecule has 1 unspecified atom stereocenters. The normalized spacial score (nSPS) is 15.9. The molecule has 0 amide bonds. The highest BCUT2D eigenvalue weighted by Crippen LogP contribution is 2.43. The van der Waals surface area contributed by atoms with Gasteiger partial charge in [-0.2, -0.15) is 0 Å². The van der Waals surface area contributed by atoms with Crippen molar-refractivity contribution >= 4 is 8.07 Å². The van der Waals surface area contributed by atoms with E-state index in [-0.39, 0.29) is 5.04 Å². The molecule has 1 nitrogen and oxygen atoms in total. The van der Waals surface area contributed by atoms with Gasteiger partial charge in [0.05, 0.1) is 0 Å². The fraction of sp³-hybridized carbons (Fsp3) is 0.714. The standard InChI is InChI=1S/C14H26OSi/c1-8-10-12-14(15,11-9-2)16(6,7)13(3,4)5/h9,15H,2,8,11H2,1,3-7H3. The van der Waals surface area contributed by atoms with Crippen molar-refractivity contribution in [3.63, 3.8) is 0 Å². The third kappa shape index (κ3) is 2.99. The molecule has 1 N–H and O–H groups in total. The molecule has 92 valence electrons. The molecular weight excluding hydrogens is 212 g/mol. The number of rotatable bonds is 3. The van der Waals surface area contributed by atoms with Crippen LogP contribution in [-0.4, -0.2) is 18.4 Å². The van der Waals surface area contributed by atoms with E-state index >= 15 is 0 Å². The van der Waals surface area contributed by atoms with E-state index in [1.807, 2.05) is 6.92 Å². The van der Waals surface area contributed by atoms with Crippen LogP contribution in [0.3, 0.4) is 0 Å². The minimum absolute atomic E-state index is 0.118. The molecule has 0 aromatic carbocycles. The summed E-state index contributed by atoms with van der Waals surface area (Å²) in [5.41, 5.74) is 0. The van der Waals surface area contributed by atoms with Crippen molar-refractivity contribution < 1.29 is 5.11 Å². The van der Waals surface area contributed by atoms with Gasteiger partial charge < -0.3 is 5.11 Å². The Bertz CT molecular complexity index is 301. The van der Waals surface area contributed by atoms with Gasteiger partial charge in [0.2, 0.25) is 0 Å². The van der Waals surface area contributed by atoms with Crippen molar-refractivity contribution in [3.05, 3.63) is 12.7 Å². The average Bonchev–Trinajstić information content (AvgIpc) is 2.13. The Morgan fingerprint density at radius 1 is 1.31 bits per heavy atom. The topological polar surface area (TPSA) is 20.2 Å². The van der Waals surface area contributed by atoms with Gasteiger partial charge in [0.25, 0.3) is 0 Å². The second kappa shape index (κ2) is 5.20. The molecule has 0 aliphatic carbocycles. The second-order valence-electron chi connectivity index (χ2n) is 5.88. The monoisotopic (exact) mass is 238 g/mol. The van der Waals surface area contributed by atoms with Gasteiger partial charge in [-0.25, -0.2) is 0 Å². The summed E-state index contributed by atoms with van der Waals surface area (Å²) >= 11 is 0. The van der Waals surface area contributed by atoms with Gasteiger partial charge in [0, 0.05) is 12.8 Å². The first-order valence-electron chi connectivity index (χ1n) is 5.95. The molecule has 1 atom stereocenters. The van der Waals surface area contributed by atoms with E-state index in [2.05, 4.69) is 52.3 Å². The summed E-state index contributed by atoms with van der Waals surface area (Å²) in [6.45, 7) is 16.8. The fourth-order valence-corrected chi connectivity index (χ4v) is 3.82. The molecule has 0 saturated heterocycles. The predicted octanol–water partition coefficient (Wildman–Crippen LogP) is 3.75. The molecular formula is C14H26OSi. The van der Waals surface area contributed by atoms with E-state index in [0.717, 1.165) is 6.42 Å². The SMILES string of the molecule is C=CCC(O)(C#CCC)[Si](C)(C)C(C)(C)C. The Labute approximate surface area is 102 Å². The quantitative estimate of drug-likeness (QED) is 0.451. The Kier molecular flexibility index (Phi) is 5.03. The maximum absolute atomic E-state index is 10.8. The smallest absolute Gasteiger partial charge is 0.116 e. The summed E-state index contributed by atoms with van der Waals surface area (Å²) in [7, 11) is -1.91. The largest absolute Gasteiger partial charge is 0.381 e. The molecule has 0 radical (unpaired) electrons. The average molecular weight is 238 g/mol. The molecule has 2 heteroatoms. The molecule has 0 aliphatic heterocycles. The minimum Gasteiger partial charge on any atom is -0.381 e. The molecule has 0 saturated carbocycles. The van der Waals surface area contributed by atoms with Crippen LogP contribution >= 0.6 is 0 Å². The van der Waals surface area contributed by atoms with E-state index in [1.165, 1.54) is 0 Å². The molecule has 0 rings (SSSR count). The van der Waals surface area contributed by atoms with Crippen LogP contribution in [0.4, 0.5) is 0 Å². The zero-order valence-corrected chi connectivity index (χ0v) is 12.6. The van der Waals surface area contributed by atoms with Crippen LogP contribution in [0.1, 0.15) is 40.5 Å². The first-order valence-corrected chi connectivity index (χ1v) is 8.95. The Morgan fingerprint density at radius 3 is 2.12 bits per heavy atom. The van der Waals surface area contributed by atoms with Gasteiger partial charge >= 0.3 is 0 Å². The van der Waals surface area contributed by atoms with E-state index in [0.29, 0.717) is 6.42 Å². The summed E-state index contributed by atoms with van der Waals surface area (Å²) in [5, 5.41) is 10.1. The minimum atomic E-state index is -1.91. The lowest BCUT2D eigenvalue weighted by atomic mass is 10.2. The molecule has 0 aromatic rings. The van der Waals surface area contributed by atoms with Crippen molar-refractivity contribution in [1.29, 1.82) is 0 Å². The van der Waals surface area contributed by atoms with Crippen LogP contribution in [0.2, 0.25) is 18.1 Å². The predicted molar refractivity (Wildman–Crippen MR) is 75.0 cm³/mol. The second-order valence-corrected chi connectivity index (χ2v) is 11.5. The summed E-state index contributed by atoms with van der Waals surface area (Å²) in [6, 6.07) is 0. The Balaban J connectivity index is 5.42. The molecule has 0 bridgehead atoms. The fourth-order valence-electron chi connectivity index (χ4n) is 1.53. The zero-order valence-electron chi connectivity index (χ0n) is 11.6. The van der Waals surface area contributed by atoms with E-state index in [1.54, 1.807) is 6.08 Å². The van der Waals surface area contributed by atoms with Crippen LogP contribution < -0.4 is 0 Å². The maximum Gasteiger partial charge on any atom is 0.116 e. The van der Waals surface area contributed by atoms with Gasteiger partial charge in [-0.15, -0.1) is 12.5 Å². The van der Waals surface area contributed by atoms with E-state index in [9.17, 15) is 5.11 Å². The van der Waals surface area contributed by atoms with Gasteiger partial charge in [-0.1, -0.05) is 52.8 Å². The lowest BCUT2D eigenvalue weighted by molar-refractivity contribution is 0.173. The Hall–Kier alpha value is -0.523. The third-order valence-corrected chi connectivity index (χ3v) is 9.97. The molecule has 16 heavy (non-hydrogen) atoms. The zero-order chi connectivity index (χ0) is 13.0. The van der Waals surface area contributed by atoms with Crippen molar-refractivity contribution in [3.8, 4) is 11.8 Å². The summed E-state index contributed by atoms with van der Waals surface area (Å²) < 4.78 is 0. The van der Waals surface area contributed by atoms with Gasteiger partial charge in [-0.3, -0.25) is 0 Å². The van der Waals surface area contributed by atoms with E-state index in [4.69, 9.17) is 0 Å². The van der Waals surface area contributed by atoms with Crippen molar-refractivity contribution in [2.45, 2.75) is 63.9 Å². The first kappa shape index (κ1) is 15.5. The van der Waals surface area contributed by atoms with Crippen LogP contribution in [0.15, 0.2) is 12.7 Å². The molecule has 0 aromatic heterocycles. The lowest BCUT2D eigenvalue weighted by Gasteiger charge is -2.46. The lowest BCUT2D eigenvalue weighted by Crippen LogP contribution is -2.58. The van der Waals surface area contributed by atoms with Crippen LogP contribution in [0.25, 0.3) is 0 Å². The number of aliphatic hydroxyl groups is 1. The maximum atomic E-state index is 10.8. The van der Waals surface area contributed by atoms with Crippen LogP contribution in [0.5, 0.6) is 0 Å². The molecule has 0 spiro atoms. The highest BCUT2D eigenvalue weighted by atomic mass is 28.3. The summed E-state index contributed by atoms with van der Waals surface area (Å²) in [6.07, 6.45) is 3.13. The summed E-state index contributed by atoms with van der Waals surface area (Å²) in [5.74, 6) is 6.13. The number of hydrogen-bond acceptors (Lipinski definition) is 1. The first-order chi connectivity index (χ1) is 7.12. The highest BCUT2D eigenvalue weighted by Gasteiger charge is 2.50. The van der Waals surface area contributed by atoms with Crippen LogP contribution in [0, 0.1) is 11.8 Å². The highest BCUT2D eigenvalue weighted by molar-refractivity contribution is 6.83. The van der Waals surface area contributed by atoms with Crippen LogP contribution in [-0.2, 0) is 0 Å². The molecule has 0 aliphatic rings. The van der Waals surface area contributed by atoms with Gasteiger partial charge in [0.1, 0.15) is 13.3 Å². The van der Waals surface area contributed by atoms with Gasteiger partial charge in [-0.05, 0) is 5.04 Å².